The van der Waals surface area contributed by atoms with Crippen LogP contribution in [-0.4, -0.2) is 52.1 Å². The molecule has 0 aliphatic carbocycles. The number of ether oxygens (including phenoxy) is 4. The largest absolute Gasteiger partial charge is 0.573 e. The first kappa shape index (κ1) is 26.5. The highest BCUT2D eigenvalue weighted by Gasteiger charge is 2.36. The molecule has 194 valence electrons. The summed E-state index contributed by atoms with van der Waals surface area (Å²) in [6.07, 6.45) is -9.80. The number of nitrogens with zero attached hydrogens (tertiary/aromatic N) is 2. The van der Waals surface area contributed by atoms with Crippen LogP contribution in [0.5, 0.6) is 11.5 Å². The van der Waals surface area contributed by atoms with Crippen molar-refractivity contribution in [1.82, 2.24) is 0 Å². The van der Waals surface area contributed by atoms with E-state index in [1.165, 1.54) is 34.1 Å². The average Bonchev–Trinajstić information content (AvgIpc) is 2.81. The lowest BCUT2D eigenvalue weighted by atomic mass is 10.1. The minimum Gasteiger partial charge on any atom is -0.466 e. The number of esters is 2. The number of hydrogen-bond donors (Lipinski definition) is 0. The van der Waals surface area contributed by atoms with Crippen LogP contribution >= 0.6 is 0 Å². The van der Waals surface area contributed by atoms with Crippen LogP contribution < -0.4 is 19.3 Å². The third-order valence-corrected chi connectivity index (χ3v) is 4.84. The van der Waals surface area contributed by atoms with E-state index in [2.05, 4.69) is 9.47 Å². The third kappa shape index (κ3) is 6.52. The maximum absolute atomic E-state index is 12.6. The van der Waals surface area contributed by atoms with Gasteiger partial charge >= 0.3 is 24.7 Å². The number of anilines is 2. The first-order valence-corrected chi connectivity index (χ1v) is 9.95. The molecular weight excluding hydrogens is 502 g/mol. The summed E-state index contributed by atoms with van der Waals surface area (Å²) in [7, 11) is 2.16. The first-order chi connectivity index (χ1) is 16.8. The number of halogens is 6. The zero-order valence-electron chi connectivity index (χ0n) is 18.6. The Labute approximate surface area is 200 Å². The Morgan fingerprint density at radius 3 is 1.58 bits per heavy atom. The van der Waals surface area contributed by atoms with Crippen LogP contribution in [0.2, 0.25) is 0 Å². The monoisotopic (exact) mass is 520 g/mol. The summed E-state index contributed by atoms with van der Waals surface area (Å²) in [6, 6.07) is 9.21. The van der Waals surface area contributed by atoms with Crippen molar-refractivity contribution in [2.45, 2.75) is 12.7 Å². The lowest BCUT2D eigenvalue weighted by molar-refractivity contribution is -0.275. The van der Waals surface area contributed by atoms with Crippen LogP contribution in [0.4, 0.5) is 37.7 Å². The van der Waals surface area contributed by atoms with Gasteiger partial charge in [0.2, 0.25) is 0 Å². The van der Waals surface area contributed by atoms with Crippen LogP contribution in [0.25, 0.3) is 0 Å². The van der Waals surface area contributed by atoms with Crippen LogP contribution in [0.1, 0.15) is 0 Å². The van der Waals surface area contributed by atoms with Gasteiger partial charge < -0.3 is 28.7 Å². The highest BCUT2D eigenvalue weighted by Crippen LogP contribution is 2.33. The Bertz CT molecular complexity index is 1130. The van der Waals surface area contributed by atoms with Gasteiger partial charge in [0.15, 0.2) is 0 Å². The highest BCUT2D eigenvalue weighted by molar-refractivity contribution is 6.04. The molecule has 36 heavy (non-hydrogen) atoms. The summed E-state index contributed by atoms with van der Waals surface area (Å²) in [6.45, 7) is -0.327. The SMILES string of the molecule is COC(=O)C1=C(C(=O)OC)N(c2ccc(OC(F)(F)F)cc2)CN(c2ccc(OC(F)(F)F)cc2)C1. The summed E-state index contributed by atoms with van der Waals surface area (Å²) in [4.78, 5) is 28.0. The van der Waals surface area contributed by atoms with Gasteiger partial charge in [0.05, 0.1) is 33.0 Å². The molecule has 1 aliphatic heterocycles. The average molecular weight is 520 g/mol. The number of carbonyl (C=O) groups is 2. The smallest absolute Gasteiger partial charge is 0.466 e. The van der Waals surface area contributed by atoms with Crippen LogP contribution in [-0.2, 0) is 19.1 Å². The second kappa shape index (κ2) is 10.3. The number of methoxy groups -OCH3 is 2. The molecule has 3 rings (SSSR count). The van der Waals surface area contributed by atoms with Gasteiger partial charge in [-0.3, -0.25) is 0 Å². The van der Waals surface area contributed by atoms with E-state index < -0.39 is 36.2 Å². The Hall–Kier alpha value is -4.10. The molecule has 0 fully saturated rings. The summed E-state index contributed by atoms with van der Waals surface area (Å²) < 4.78 is 92.3. The summed E-state index contributed by atoms with van der Waals surface area (Å²) >= 11 is 0. The molecule has 0 amide bonds. The van der Waals surface area contributed by atoms with E-state index in [0.29, 0.717) is 5.69 Å². The van der Waals surface area contributed by atoms with E-state index in [0.717, 1.165) is 38.5 Å². The lowest BCUT2D eigenvalue weighted by Gasteiger charge is -2.39. The molecule has 8 nitrogen and oxygen atoms in total. The summed E-state index contributed by atoms with van der Waals surface area (Å²) in [5.41, 5.74) is 0.161. The van der Waals surface area contributed by atoms with Gasteiger partial charge in [-0.2, -0.15) is 0 Å². The van der Waals surface area contributed by atoms with E-state index in [1.807, 2.05) is 0 Å². The zero-order valence-corrected chi connectivity index (χ0v) is 18.6. The molecule has 14 heteroatoms. The van der Waals surface area contributed by atoms with Crippen molar-refractivity contribution in [1.29, 1.82) is 0 Å². The van der Waals surface area contributed by atoms with E-state index in [-0.39, 0.29) is 30.2 Å². The second-order valence-electron chi connectivity index (χ2n) is 7.16. The van der Waals surface area contributed by atoms with Gasteiger partial charge in [-0.15, -0.1) is 26.3 Å². The van der Waals surface area contributed by atoms with Gasteiger partial charge in [-0.25, -0.2) is 9.59 Å². The van der Waals surface area contributed by atoms with E-state index in [1.54, 1.807) is 0 Å². The third-order valence-electron chi connectivity index (χ3n) is 4.84. The topological polar surface area (TPSA) is 77.5 Å². The van der Waals surface area contributed by atoms with Gasteiger partial charge in [0.1, 0.15) is 17.2 Å². The Kier molecular flexibility index (Phi) is 7.55. The molecule has 0 unspecified atom stereocenters. The van der Waals surface area contributed by atoms with E-state index in [9.17, 15) is 35.9 Å². The standard InChI is InChI=1S/C22H18F6N2O6/c1-33-19(31)17-11-29(13-3-7-15(8-4-13)35-21(23,24)25)12-30(18(17)20(32)34-2)14-5-9-16(10-6-14)36-22(26,27)28/h3-10H,11-12H2,1-2H3. The van der Waals surface area contributed by atoms with Gasteiger partial charge in [-0.1, -0.05) is 0 Å². The van der Waals surface area contributed by atoms with Gasteiger partial charge in [-0.05, 0) is 48.5 Å². The predicted octanol–water partition coefficient (Wildman–Crippen LogP) is 4.37. The Morgan fingerprint density at radius 1 is 0.722 bits per heavy atom. The molecule has 0 bridgehead atoms. The van der Waals surface area contributed by atoms with E-state index in [4.69, 9.17) is 9.47 Å². The first-order valence-electron chi connectivity index (χ1n) is 9.95. The molecule has 2 aromatic rings. The highest BCUT2D eigenvalue weighted by atomic mass is 19.4. The van der Waals surface area contributed by atoms with Crippen molar-refractivity contribution >= 4 is 23.3 Å². The maximum Gasteiger partial charge on any atom is 0.573 e. The maximum atomic E-state index is 12.6. The summed E-state index contributed by atoms with van der Waals surface area (Å²) in [5.74, 6) is -2.80. The molecule has 0 spiro atoms. The van der Waals surface area contributed by atoms with Crippen molar-refractivity contribution in [2.75, 3.05) is 37.2 Å². The molecule has 2 aromatic carbocycles. The quantitative estimate of drug-likeness (QED) is 0.411. The molecule has 0 N–H and O–H groups in total. The fraction of sp³-hybridized carbons (Fsp3) is 0.273. The van der Waals surface area contributed by atoms with Crippen molar-refractivity contribution < 1.29 is 54.9 Å². The minimum absolute atomic E-state index is 0.135. The predicted molar refractivity (Wildman–Crippen MR) is 112 cm³/mol. The van der Waals surface area contributed by atoms with Crippen LogP contribution in [0.15, 0.2) is 59.8 Å². The number of hydrogen-bond acceptors (Lipinski definition) is 8. The molecule has 1 aliphatic rings. The molecular formula is C22H18F6N2O6. The van der Waals surface area contributed by atoms with Crippen molar-refractivity contribution in [3.05, 3.63) is 59.8 Å². The van der Waals surface area contributed by atoms with Crippen molar-refractivity contribution in [3.8, 4) is 11.5 Å². The van der Waals surface area contributed by atoms with Crippen LogP contribution in [0, 0.1) is 0 Å². The lowest BCUT2D eigenvalue weighted by Crippen LogP contribution is -2.48. The zero-order chi connectivity index (χ0) is 26.7. The Balaban J connectivity index is 2.02. The van der Waals surface area contributed by atoms with Crippen molar-refractivity contribution in [2.24, 2.45) is 0 Å². The number of rotatable bonds is 6. The fourth-order valence-corrected chi connectivity index (χ4v) is 3.40. The molecule has 0 radical (unpaired) electrons. The normalized spacial score (nSPS) is 14.4. The molecule has 0 saturated heterocycles. The second-order valence-corrected chi connectivity index (χ2v) is 7.16. The molecule has 0 saturated carbocycles. The molecule has 0 atom stereocenters. The summed E-state index contributed by atoms with van der Waals surface area (Å²) in [5, 5.41) is 0. The van der Waals surface area contributed by atoms with Crippen LogP contribution in [0.3, 0.4) is 0 Å². The molecule has 1 heterocycles. The number of carbonyl (C=O) groups excluding carboxylic acids is 2. The Morgan fingerprint density at radius 2 is 1.17 bits per heavy atom. The van der Waals surface area contributed by atoms with Gasteiger partial charge in [0, 0.05) is 11.4 Å². The van der Waals surface area contributed by atoms with Gasteiger partial charge in [0.25, 0.3) is 0 Å². The fourth-order valence-electron chi connectivity index (χ4n) is 3.40. The molecule has 0 aromatic heterocycles. The minimum atomic E-state index is -4.92. The number of benzene rings is 2. The van der Waals surface area contributed by atoms with E-state index >= 15 is 0 Å². The van der Waals surface area contributed by atoms with Crippen molar-refractivity contribution in [3.63, 3.8) is 0 Å². The number of alkyl halides is 6.